The smallest absolute Gasteiger partial charge is 0.341 e. The maximum absolute atomic E-state index is 12.0. The molecular formula is C19H18Cl2O6. The summed E-state index contributed by atoms with van der Waals surface area (Å²) < 4.78 is 20.4. The minimum atomic E-state index is -0.580. The van der Waals surface area contributed by atoms with Crippen molar-refractivity contribution in [3.8, 4) is 11.5 Å². The van der Waals surface area contributed by atoms with Crippen LogP contribution in [0.25, 0.3) is 0 Å². The summed E-state index contributed by atoms with van der Waals surface area (Å²) in [4.78, 5) is 24.1. The minimum Gasteiger partial charge on any atom is -0.496 e. The molecule has 8 heteroatoms. The molecule has 27 heavy (non-hydrogen) atoms. The van der Waals surface area contributed by atoms with Gasteiger partial charge in [-0.05, 0) is 24.3 Å². The van der Waals surface area contributed by atoms with Gasteiger partial charge < -0.3 is 18.9 Å². The number of rotatable bonds is 6. The van der Waals surface area contributed by atoms with E-state index in [4.69, 9.17) is 42.1 Å². The topological polar surface area (TPSA) is 71.1 Å². The predicted molar refractivity (Wildman–Crippen MR) is 101 cm³/mol. The van der Waals surface area contributed by atoms with E-state index in [1.54, 1.807) is 12.1 Å². The van der Waals surface area contributed by atoms with E-state index in [-0.39, 0.29) is 17.5 Å². The van der Waals surface area contributed by atoms with Crippen LogP contribution in [0.3, 0.4) is 0 Å². The van der Waals surface area contributed by atoms with E-state index in [1.165, 1.54) is 40.6 Å². The largest absolute Gasteiger partial charge is 0.496 e. The lowest BCUT2D eigenvalue weighted by Gasteiger charge is -2.16. The van der Waals surface area contributed by atoms with Gasteiger partial charge in [-0.3, -0.25) is 0 Å². The zero-order chi connectivity index (χ0) is 20.1. The Balaban J connectivity index is 2.63. The lowest BCUT2D eigenvalue weighted by atomic mass is 9.98. The summed E-state index contributed by atoms with van der Waals surface area (Å²) in [6.45, 7) is 0. The second-order valence-corrected chi connectivity index (χ2v) is 6.32. The fourth-order valence-electron chi connectivity index (χ4n) is 2.77. The van der Waals surface area contributed by atoms with E-state index in [0.29, 0.717) is 32.7 Å². The summed E-state index contributed by atoms with van der Waals surface area (Å²) in [5.74, 6) is -0.534. The fraction of sp³-hybridized carbons (Fsp3) is 0.263. The zero-order valence-corrected chi connectivity index (χ0v) is 16.7. The maximum Gasteiger partial charge on any atom is 0.341 e. The first-order valence-corrected chi connectivity index (χ1v) is 8.51. The van der Waals surface area contributed by atoms with Crippen molar-refractivity contribution < 1.29 is 28.5 Å². The van der Waals surface area contributed by atoms with Gasteiger partial charge in [0.15, 0.2) is 0 Å². The van der Waals surface area contributed by atoms with Gasteiger partial charge in [0.2, 0.25) is 0 Å². The van der Waals surface area contributed by atoms with Crippen LogP contribution in [0.15, 0.2) is 24.3 Å². The number of ether oxygens (including phenoxy) is 4. The highest BCUT2D eigenvalue weighted by Gasteiger charge is 2.22. The molecule has 0 aliphatic carbocycles. The third-order valence-electron chi connectivity index (χ3n) is 3.86. The molecule has 2 rings (SSSR count). The van der Waals surface area contributed by atoms with Gasteiger partial charge in [0.05, 0.1) is 28.4 Å². The highest BCUT2D eigenvalue weighted by atomic mass is 35.5. The summed E-state index contributed by atoms with van der Waals surface area (Å²) in [5.41, 5.74) is 1.58. The van der Waals surface area contributed by atoms with Crippen molar-refractivity contribution in [1.82, 2.24) is 0 Å². The number of carbonyl (C=O) groups excluding carboxylic acids is 2. The van der Waals surface area contributed by atoms with Gasteiger partial charge in [0, 0.05) is 27.6 Å². The monoisotopic (exact) mass is 412 g/mol. The van der Waals surface area contributed by atoms with Gasteiger partial charge in [-0.15, -0.1) is 0 Å². The van der Waals surface area contributed by atoms with Gasteiger partial charge in [0.25, 0.3) is 0 Å². The molecule has 2 aromatic rings. The lowest BCUT2D eigenvalue weighted by molar-refractivity contribution is 0.0588. The second-order valence-electron chi connectivity index (χ2n) is 5.45. The zero-order valence-electron chi connectivity index (χ0n) is 15.2. The Morgan fingerprint density at radius 2 is 1.11 bits per heavy atom. The number of hydrogen-bond donors (Lipinski definition) is 0. The van der Waals surface area contributed by atoms with Gasteiger partial charge in [-0.1, -0.05) is 23.2 Å². The lowest BCUT2D eigenvalue weighted by Crippen LogP contribution is -2.09. The molecule has 0 spiro atoms. The van der Waals surface area contributed by atoms with Crippen LogP contribution in [0.4, 0.5) is 0 Å². The van der Waals surface area contributed by atoms with Crippen LogP contribution < -0.4 is 9.47 Å². The molecule has 6 nitrogen and oxygen atoms in total. The van der Waals surface area contributed by atoms with Crippen LogP contribution in [-0.4, -0.2) is 40.4 Å². The Kier molecular flexibility index (Phi) is 6.93. The molecule has 0 aliphatic rings. The molecule has 0 radical (unpaired) electrons. The fourth-order valence-corrected chi connectivity index (χ4v) is 3.25. The molecule has 0 N–H and O–H groups in total. The Hall–Kier alpha value is -2.44. The van der Waals surface area contributed by atoms with Crippen molar-refractivity contribution in [1.29, 1.82) is 0 Å². The summed E-state index contributed by atoms with van der Waals surface area (Å²) in [6.07, 6.45) is 0.238. The van der Waals surface area contributed by atoms with Gasteiger partial charge >= 0.3 is 11.9 Å². The highest BCUT2D eigenvalue weighted by Crippen LogP contribution is 2.35. The Bertz CT molecular complexity index is 807. The normalized spacial score (nSPS) is 10.3. The molecule has 0 saturated heterocycles. The third-order valence-corrected chi connectivity index (χ3v) is 4.30. The van der Waals surface area contributed by atoms with Crippen LogP contribution in [0.5, 0.6) is 11.5 Å². The van der Waals surface area contributed by atoms with E-state index in [2.05, 4.69) is 0 Å². The molecule has 0 heterocycles. The highest BCUT2D eigenvalue weighted by molar-refractivity contribution is 6.31. The van der Waals surface area contributed by atoms with Gasteiger partial charge in [-0.25, -0.2) is 9.59 Å². The maximum atomic E-state index is 12.0. The Labute approximate surface area is 166 Å². The summed E-state index contributed by atoms with van der Waals surface area (Å²) in [6, 6.07) is 6.24. The average Bonchev–Trinajstić information content (AvgIpc) is 2.65. The number of esters is 2. The summed E-state index contributed by atoms with van der Waals surface area (Å²) in [7, 11) is 5.42. The number of benzene rings is 2. The summed E-state index contributed by atoms with van der Waals surface area (Å²) >= 11 is 12.3. The van der Waals surface area contributed by atoms with Gasteiger partial charge in [-0.2, -0.15) is 0 Å². The molecule has 0 saturated carbocycles. The number of carbonyl (C=O) groups is 2. The standard InChI is InChI=1S/C19H18Cl2O6/c1-24-16-10(6-12(20)8-14(16)18(22)26-3)5-11-7-13(21)9-15(17(11)25-2)19(23)27-4/h6-9H,5H2,1-4H3. The van der Waals surface area contributed by atoms with Gasteiger partial charge in [0.1, 0.15) is 22.6 Å². The Morgan fingerprint density at radius 3 is 1.41 bits per heavy atom. The van der Waals surface area contributed by atoms with Crippen molar-refractivity contribution in [2.45, 2.75) is 6.42 Å². The average molecular weight is 413 g/mol. The number of halogens is 2. The van der Waals surface area contributed by atoms with E-state index >= 15 is 0 Å². The first kappa shape index (κ1) is 20.9. The van der Waals surface area contributed by atoms with Crippen LogP contribution in [0.2, 0.25) is 10.0 Å². The second kappa shape index (κ2) is 8.97. The molecule has 0 aromatic heterocycles. The number of hydrogen-bond acceptors (Lipinski definition) is 6. The molecule has 0 fully saturated rings. The van der Waals surface area contributed by atoms with E-state index < -0.39 is 11.9 Å². The quantitative estimate of drug-likeness (QED) is 0.662. The number of methoxy groups -OCH3 is 4. The van der Waals surface area contributed by atoms with Crippen molar-refractivity contribution >= 4 is 35.1 Å². The van der Waals surface area contributed by atoms with E-state index in [0.717, 1.165) is 0 Å². The molecule has 0 atom stereocenters. The Morgan fingerprint density at radius 1 is 0.741 bits per heavy atom. The molecule has 144 valence electrons. The molecule has 0 unspecified atom stereocenters. The SMILES string of the molecule is COC(=O)c1cc(Cl)cc(Cc2cc(Cl)cc(C(=O)OC)c2OC)c1OC. The van der Waals surface area contributed by atoms with Crippen molar-refractivity contribution in [2.75, 3.05) is 28.4 Å². The third kappa shape index (κ3) is 4.46. The van der Waals surface area contributed by atoms with Crippen molar-refractivity contribution in [3.05, 3.63) is 56.6 Å². The summed E-state index contributed by atoms with van der Waals surface area (Å²) in [5, 5.41) is 0.667. The van der Waals surface area contributed by atoms with Crippen LogP contribution >= 0.6 is 23.2 Å². The van der Waals surface area contributed by atoms with Crippen molar-refractivity contribution in [3.63, 3.8) is 0 Å². The molecule has 0 amide bonds. The molecular weight excluding hydrogens is 395 g/mol. The molecule has 0 aliphatic heterocycles. The first-order valence-electron chi connectivity index (χ1n) is 7.75. The van der Waals surface area contributed by atoms with E-state index in [9.17, 15) is 9.59 Å². The molecule has 2 aromatic carbocycles. The van der Waals surface area contributed by atoms with E-state index in [1.807, 2.05) is 0 Å². The van der Waals surface area contributed by atoms with Crippen LogP contribution in [0, 0.1) is 0 Å². The molecule has 0 bridgehead atoms. The first-order chi connectivity index (χ1) is 12.9. The van der Waals surface area contributed by atoms with Crippen molar-refractivity contribution in [2.24, 2.45) is 0 Å². The van der Waals surface area contributed by atoms with Crippen LogP contribution in [0.1, 0.15) is 31.8 Å². The van der Waals surface area contributed by atoms with Crippen LogP contribution in [-0.2, 0) is 15.9 Å². The minimum absolute atomic E-state index is 0.191. The predicted octanol–water partition coefficient (Wildman–Crippen LogP) is 4.17.